The molecule has 0 amide bonds. The van der Waals surface area contributed by atoms with E-state index in [9.17, 15) is 0 Å². The van der Waals surface area contributed by atoms with E-state index in [0.29, 0.717) is 5.88 Å². The number of alkyl halides is 1. The lowest BCUT2D eigenvalue weighted by Gasteiger charge is -2.24. The van der Waals surface area contributed by atoms with Crippen LogP contribution in [0.3, 0.4) is 0 Å². The van der Waals surface area contributed by atoms with E-state index >= 15 is 0 Å². The summed E-state index contributed by atoms with van der Waals surface area (Å²) in [5, 5.41) is 0. The molecule has 0 atom stereocenters. The molecule has 26 heavy (non-hydrogen) atoms. The molecule has 0 N–H and O–H groups in total. The van der Waals surface area contributed by atoms with Gasteiger partial charge in [-0.05, 0) is 36.4 Å². The second-order valence-corrected chi connectivity index (χ2v) is 9.77. The van der Waals surface area contributed by atoms with Gasteiger partial charge in [0.05, 0.1) is 13.7 Å². The van der Waals surface area contributed by atoms with Crippen LogP contribution in [0.15, 0.2) is 45.3 Å². The number of hydrogen-bond donors (Lipinski definition) is 0. The van der Waals surface area contributed by atoms with E-state index in [1.165, 1.54) is 5.56 Å². The SMILES string of the molecule is CC1(C)COc2ccc(Br)cc21.COc1ccc(Br)cc1C(C)(C)CCl. The molecule has 0 saturated heterocycles. The Bertz CT molecular complexity index is 773. The molecule has 0 bridgehead atoms. The Morgan fingerprint density at radius 1 is 1.12 bits per heavy atom. The molecule has 3 rings (SSSR count). The average molecular weight is 505 g/mol. The van der Waals surface area contributed by atoms with E-state index < -0.39 is 0 Å². The van der Waals surface area contributed by atoms with Crippen molar-refractivity contribution in [2.24, 2.45) is 0 Å². The van der Waals surface area contributed by atoms with Crippen LogP contribution in [0.5, 0.6) is 11.5 Å². The molecule has 142 valence electrons. The Hall–Kier alpha value is -0.710. The van der Waals surface area contributed by atoms with Gasteiger partial charge in [0.2, 0.25) is 0 Å². The molecule has 2 aromatic carbocycles. The zero-order valence-corrected chi connectivity index (χ0v) is 19.8. The molecule has 0 aromatic heterocycles. The van der Waals surface area contributed by atoms with Gasteiger partial charge in [0, 0.05) is 36.8 Å². The number of methoxy groups -OCH3 is 1. The first-order valence-electron chi connectivity index (χ1n) is 8.43. The molecule has 2 aromatic rings. The van der Waals surface area contributed by atoms with Crippen molar-refractivity contribution in [1.29, 1.82) is 0 Å². The average Bonchev–Trinajstić information content (AvgIpc) is 2.90. The summed E-state index contributed by atoms with van der Waals surface area (Å²) in [6.07, 6.45) is 0. The highest BCUT2D eigenvalue weighted by Crippen LogP contribution is 2.39. The molecule has 1 heterocycles. The third-order valence-electron chi connectivity index (χ3n) is 4.48. The molecule has 2 nitrogen and oxygen atoms in total. The van der Waals surface area contributed by atoms with Gasteiger partial charge in [-0.3, -0.25) is 0 Å². The van der Waals surface area contributed by atoms with E-state index in [0.717, 1.165) is 32.6 Å². The van der Waals surface area contributed by atoms with Crippen LogP contribution in [0, 0.1) is 0 Å². The third-order valence-corrected chi connectivity index (χ3v) is 6.14. The fourth-order valence-electron chi connectivity index (χ4n) is 2.77. The number of benzene rings is 2. The van der Waals surface area contributed by atoms with E-state index in [1.807, 2.05) is 24.3 Å². The highest BCUT2D eigenvalue weighted by molar-refractivity contribution is 9.10. The monoisotopic (exact) mass is 502 g/mol. The highest BCUT2D eigenvalue weighted by atomic mass is 79.9. The standard InChI is InChI=1S/C11H14BrClO.C10H11BrO/c1-11(2,7-13)9-6-8(12)4-5-10(9)14-3;1-10(2)6-12-9-4-3-7(11)5-8(9)10/h4-6H,7H2,1-3H3;3-5H,6H2,1-2H3. The first-order chi connectivity index (χ1) is 12.1. The Morgan fingerprint density at radius 2 is 1.73 bits per heavy atom. The van der Waals surface area contributed by atoms with E-state index in [-0.39, 0.29) is 10.8 Å². The summed E-state index contributed by atoms with van der Waals surface area (Å²) in [7, 11) is 1.68. The van der Waals surface area contributed by atoms with Crippen molar-refractivity contribution >= 4 is 43.5 Å². The summed E-state index contributed by atoms with van der Waals surface area (Å²) in [5.41, 5.74) is 2.52. The smallest absolute Gasteiger partial charge is 0.123 e. The molecule has 5 heteroatoms. The lowest BCUT2D eigenvalue weighted by atomic mass is 9.86. The second kappa shape index (κ2) is 8.53. The summed E-state index contributed by atoms with van der Waals surface area (Å²) in [5.74, 6) is 2.49. The Balaban J connectivity index is 0.000000189. The molecule has 0 radical (unpaired) electrons. The van der Waals surface area contributed by atoms with E-state index in [4.69, 9.17) is 21.1 Å². The Labute approximate surface area is 178 Å². The first kappa shape index (κ1) is 21.6. The third kappa shape index (κ3) is 4.96. The van der Waals surface area contributed by atoms with Gasteiger partial charge in [-0.2, -0.15) is 0 Å². The van der Waals surface area contributed by atoms with Gasteiger partial charge in [0.15, 0.2) is 0 Å². The minimum absolute atomic E-state index is 0.0727. The number of rotatable bonds is 3. The maximum Gasteiger partial charge on any atom is 0.123 e. The van der Waals surface area contributed by atoms with Gasteiger partial charge in [0.25, 0.3) is 0 Å². The molecule has 0 saturated carbocycles. The van der Waals surface area contributed by atoms with Gasteiger partial charge < -0.3 is 9.47 Å². The van der Waals surface area contributed by atoms with Crippen LogP contribution in [-0.2, 0) is 10.8 Å². The molecule has 1 aliphatic rings. The van der Waals surface area contributed by atoms with Crippen LogP contribution >= 0.6 is 43.5 Å². The summed E-state index contributed by atoms with van der Waals surface area (Å²) in [6, 6.07) is 12.2. The minimum atomic E-state index is -0.0727. The molecule has 1 aliphatic heterocycles. The topological polar surface area (TPSA) is 18.5 Å². The van der Waals surface area contributed by atoms with Crippen LogP contribution in [-0.4, -0.2) is 19.6 Å². The maximum absolute atomic E-state index is 5.94. The molecule has 0 aliphatic carbocycles. The van der Waals surface area contributed by atoms with Gasteiger partial charge in [-0.1, -0.05) is 59.6 Å². The fraction of sp³-hybridized carbons (Fsp3) is 0.429. The van der Waals surface area contributed by atoms with E-state index in [2.05, 4.69) is 71.7 Å². The molecule has 0 fully saturated rings. The van der Waals surface area contributed by atoms with Crippen molar-refractivity contribution in [3.8, 4) is 11.5 Å². The predicted octanol–water partition coefficient (Wildman–Crippen LogP) is 7.09. The summed E-state index contributed by atoms with van der Waals surface area (Å²) in [4.78, 5) is 0. The van der Waals surface area contributed by atoms with Gasteiger partial charge in [-0.25, -0.2) is 0 Å². The summed E-state index contributed by atoms with van der Waals surface area (Å²) < 4.78 is 13.0. The van der Waals surface area contributed by atoms with Gasteiger partial charge >= 0.3 is 0 Å². The van der Waals surface area contributed by atoms with Crippen molar-refractivity contribution < 1.29 is 9.47 Å². The maximum atomic E-state index is 5.94. The predicted molar refractivity (Wildman–Crippen MR) is 117 cm³/mol. The Morgan fingerprint density at radius 3 is 2.35 bits per heavy atom. The highest BCUT2D eigenvalue weighted by Gasteiger charge is 2.31. The van der Waals surface area contributed by atoms with Gasteiger partial charge in [-0.15, -0.1) is 11.6 Å². The van der Waals surface area contributed by atoms with Crippen LogP contribution in [0.2, 0.25) is 0 Å². The first-order valence-corrected chi connectivity index (χ1v) is 10.6. The van der Waals surface area contributed by atoms with E-state index in [1.54, 1.807) is 7.11 Å². The van der Waals surface area contributed by atoms with Crippen molar-refractivity contribution in [2.45, 2.75) is 38.5 Å². The summed E-state index contributed by atoms with van der Waals surface area (Å²) in [6.45, 7) is 9.39. The number of ether oxygens (including phenoxy) is 2. The lowest BCUT2D eigenvalue weighted by Crippen LogP contribution is -2.20. The Kier molecular flexibility index (Phi) is 7.09. The van der Waals surface area contributed by atoms with Crippen LogP contribution in [0.4, 0.5) is 0 Å². The van der Waals surface area contributed by atoms with Crippen LogP contribution in [0.1, 0.15) is 38.8 Å². The van der Waals surface area contributed by atoms with Crippen molar-refractivity contribution in [3.63, 3.8) is 0 Å². The van der Waals surface area contributed by atoms with Crippen LogP contribution < -0.4 is 9.47 Å². The van der Waals surface area contributed by atoms with Gasteiger partial charge in [0.1, 0.15) is 11.5 Å². The number of fused-ring (bicyclic) bond motifs is 1. The van der Waals surface area contributed by atoms with Crippen molar-refractivity contribution in [3.05, 3.63) is 56.5 Å². The zero-order chi connectivity index (χ0) is 19.5. The van der Waals surface area contributed by atoms with Crippen molar-refractivity contribution in [2.75, 3.05) is 19.6 Å². The zero-order valence-electron chi connectivity index (χ0n) is 15.8. The minimum Gasteiger partial charge on any atom is -0.496 e. The molecular formula is C21H25Br2ClO2. The summed E-state index contributed by atoms with van der Waals surface area (Å²) >= 11 is 12.8. The second-order valence-electron chi connectivity index (χ2n) is 7.68. The van der Waals surface area contributed by atoms with Crippen LogP contribution in [0.25, 0.3) is 0 Å². The number of halogens is 3. The quantitative estimate of drug-likeness (QED) is 0.415. The fourth-order valence-corrected chi connectivity index (χ4v) is 3.64. The number of hydrogen-bond acceptors (Lipinski definition) is 2. The lowest BCUT2D eigenvalue weighted by molar-refractivity contribution is 0.291. The molecule has 0 spiro atoms. The van der Waals surface area contributed by atoms with Crippen molar-refractivity contribution in [1.82, 2.24) is 0 Å². The molecule has 0 unspecified atom stereocenters. The largest absolute Gasteiger partial charge is 0.496 e. The normalized spacial score (nSPS) is 14.8. The molecular weight excluding hydrogens is 479 g/mol.